The van der Waals surface area contributed by atoms with E-state index in [2.05, 4.69) is 55.4 Å². The van der Waals surface area contributed by atoms with E-state index in [4.69, 9.17) is 0 Å². The summed E-state index contributed by atoms with van der Waals surface area (Å²) >= 11 is 0. The third-order valence-electron chi connectivity index (χ3n) is 5.09. The fraction of sp³-hybridized carbons (Fsp3) is 0.261. The van der Waals surface area contributed by atoms with Crippen molar-refractivity contribution >= 4 is 23.2 Å². The highest BCUT2D eigenvalue weighted by Crippen LogP contribution is 2.19. The maximum atomic E-state index is 11.6. The van der Waals surface area contributed by atoms with Gasteiger partial charge in [0.2, 0.25) is 5.95 Å². The van der Waals surface area contributed by atoms with Crippen molar-refractivity contribution in [1.29, 1.82) is 0 Å². The lowest BCUT2D eigenvalue weighted by Gasteiger charge is -2.34. The number of anilines is 3. The molecule has 148 valence electrons. The first-order chi connectivity index (χ1) is 14.2. The van der Waals surface area contributed by atoms with Crippen LogP contribution < -0.4 is 10.2 Å². The number of aromatic nitrogens is 2. The maximum Gasteiger partial charge on any atom is 0.227 e. The molecule has 0 bridgehead atoms. The minimum Gasteiger partial charge on any atom is -0.340 e. The Bertz CT molecular complexity index is 968. The molecule has 0 amide bonds. The van der Waals surface area contributed by atoms with E-state index in [0.29, 0.717) is 5.56 Å². The standard InChI is InChI=1S/C23H25N5O/c1-18(29)20-8-5-9-21(16-20)25-22-10-11-24-23(26-22)28-14-12-27(13-15-28)17-19-6-3-2-4-7-19/h2-11,16H,12-15,17H2,1H3,(H,24,25,26). The van der Waals surface area contributed by atoms with Gasteiger partial charge in [-0.1, -0.05) is 42.5 Å². The van der Waals surface area contributed by atoms with Crippen molar-refractivity contribution in [3.63, 3.8) is 0 Å². The first kappa shape index (κ1) is 19.1. The summed E-state index contributed by atoms with van der Waals surface area (Å²) in [5, 5.41) is 3.28. The van der Waals surface area contributed by atoms with Crippen molar-refractivity contribution in [3.05, 3.63) is 78.0 Å². The number of nitrogens with zero attached hydrogens (tertiary/aromatic N) is 4. The van der Waals surface area contributed by atoms with Crippen LogP contribution in [-0.4, -0.2) is 46.8 Å². The van der Waals surface area contributed by atoms with Crippen molar-refractivity contribution in [3.8, 4) is 0 Å². The number of rotatable bonds is 6. The maximum absolute atomic E-state index is 11.6. The Morgan fingerprint density at radius 3 is 2.55 bits per heavy atom. The molecule has 0 spiro atoms. The molecule has 1 aromatic heterocycles. The lowest BCUT2D eigenvalue weighted by Crippen LogP contribution is -2.46. The summed E-state index contributed by atoms with van der Waals surface area (Å²) in [4.78, 5) is 25.4. The molecule has 1 saturated heterocycles. The fourth-order valence-electron chi connectivity index (χ4n) is 3.48. The molecule has 2 aromatic carbocycles. The van der Waals surface area contributed by atoms with Crippen molar-refractivity contribution in [2.45, 2.75) is 13.5 Å². The van der Waals surface area contributed by atoms with E-state index >= 15 is 0 Å². The zero-order chi connectivity index (χ0) is 20.1. The summed E-state index contributed by atoms with van der Waals surface area (Å²) < 4.78 is 0. The molecule has 1 fully saturated rings. The molecule has 0 aliphatic carbocycles. The number of piperazine rings is 1. The van der Waals surface area contributed by atoms with Gasteiger partial charge in [-0.2, -0.15) is 4.98 Å². The highest BCUT2D eigenvalue weighted by molar-refractivity contribution is 5.95. The number of carbonyl (C=O) groups excluding carboxylic acids is 1. The van der Waals surface area contributed by atoms with Gasteiger partial charge in [0.05, 0.1) is 0 Å². The van der Waals surface area contributed by atoms with Gasteiger partial charge in [-0.25, -0.2) is 4.98 Å². The molecule has 1 N–H and O–H groups in total. The van der Waals surface area contributed by atoms with E-state index in [1.165, 1.54) is 5.56 Å². The predicted octanol–water partition coefficient (Wildman–Crippen LogP) is 3.75. The average Bonchev–Trinajstić information content (AvgIpc) is 2.75. The highest BCUT2D eigenvalue weighted by Gasteiger charge is 2.19. The second-order valence-electron chi connectivity index (χ2n) is 7.25. The summed E-state index contributed by atoms with van der Waals surface area (Å²) in [5.41, 5.74) is 2.87. The molecule has 3 aromatic rings. The van der Waals surface area contributed by atoms with Crippen LogP contribution in [0.1, 0.15) is 22.8 Å². The van der Waals surface area contributed by atoms with E-state index in [0.717, 1.165) is 50.2 Å². The van der Waals surface area contributed by atoms with Crippen LogP contribution >= 0.6 is 0 Å². The second kappa shape index (κ2) is 8.84. The summed E-state index contributed by atoms with van der Waals surface area (Å²) in [6.07, 6.45) is 1.77. The van der Waals surface area contributed by atoms with Crippen LogP contribution in [0.2, 0.25) is 0 Å². The molecule has 1 aliphatic rings. The Balaban J connectivity index is 1.38. The third-order valence-corrected chi connectivity index (χ3v) is 5.09. The van der Waals surface area contributed by atoms with Gasteiger partial charge < -0.3 is 10.2 Å². The van der Waals surface area contributed by atoms with E-state index in [1.54, 1.807) is 13.1 Å². The molecule has 0 unspecified atom stereocenters. The first-order valence-corrected chi connectivity index (χ1v) is 9.90. The minimum absolute atomic E-state index is 0.0467. The molecule has 2 heterocycles. The van der Waals surface area contributed by atoms with Gasteiger partial charge in [-0.05, 0) is 30.7 Å². The van der Waals surface area contributed by atoms with Crippen LogP contribution in [0.3, 0.4) is 0 Å². The lowest BCUT2D eigenvalue weighted by atomic mass is 10.1. The molecule has 6 nitrogen and oxygen atoms in total. The Morgan fingerprint density at radius 2 is 1.79 bits per heavy atom. The summed E-state index contributed by atoms with van der Waals surface area (Å²) in [6, 6.07) is 19.9. The van der Waals surface area contributed by atoms with Gasteiger partial charge in [0.15, 0.2) is 5.78 Å². The van der Waals surface area contributed by atoms with Crippen LogP contribution in [-0.2, 0) is 6.54 Å². The smallest absolute Gasteiger partial charge is 0.227 e. The minimum atomic E-state index is 0.0467. The number of benzene rings is 2. The number of nitrogens with one attached hydrogen (secondary N) is 1. The second-order valence-corrected chi connectivity index (χ2v) is 7.25. The molecule has 1 aliphatic heterocycles. The molecule has 6 heteroatoms. The van der Waals surface area contributed by atoms with Gasteiger partial charge in [-0.3, -0.25) is 9.69 Å². The molecule has 0 saturated carbocycles. The average molecular weight is 387 g/mol. The molecule has 0 radical (unpaired) electrons. The molecule has 29 heavy (non-hydrogen) atoms. The van der Waals surface area contributed by atoms with Gasteiger partial charge in [0.1, 0.15) is 5.82 Å². The van der Waals surface area contributed by atoms with Gasteiger partial charge >= 0.3 is 0 Å². The van der Waals surface area contributed by atoms with E-state index < -0.39 is 0 Å². The third kappa shape index (κ3) is 4.97. The first-order valence-electron chi connectivity index (χ1n) is 9.90. The van der Waals surface area contributed by atoms with Crippen molar-refractivity contribution in [2.24, 2.45) is 0 Å². The summed E-state index contributed by atoms with van der Waals surface area (Å²) in [5.74, 6) is 1.50. The van der Waals surface area contributed by atoms with Gasteiger partial charge in [0.25, 0.3) is 0 Å². The van der Waals surface area contributed by atoms with Crippen LogP contribution in [0.5, 0.6) is 0 Å². The Morgan fingerprint density at radius 1 is 1.00 bits per heavy atom. The Labute approximate surface area is 171 Å². The Kier molecular flexibility index (Phi) is 5.81. The topological polar surface area (TPSA) is 61.4 Å². The van der Waals surface area contributed by atoms with Crippen molar-refractivity contribution in [1.82, 2.24) is 14.9 Å². The monoisotopic (exact) mass is 387 g/mol. The van der Waals surface area contributed by atoms with Gasteiger partial charge in [0, 0.05) is 50.2 Å². The quantitative estimate of drug-likeness (QED) is 0.650. The summed E-state index contributed by atoms with van der Waals surface area (Å²) in [7, 11) is 0. The molecule has 0 atom stereocenters. The number of hydrogen-bond acceptors (Lipinski definition) is 6. The van der Waals surface area contributed by atoms with Gasteiger partial charge in [-0.15, -0.1) is 0 Å². The van der Waals surface area contributed by atoms with Crippen LogP contribution in [0.25, 0.3) is 0 Å². The predicted molar refractivity (Wildman–Crippen MR) is 116 cm³/mol. The van der Waals surface area contributed by atoms with Crippen LogP contribution in [0.15, 0.2) is 66.9 Å². The zero-order valence-corrected chi connectivity index (χ0v) is 16.6. The number of Topliss-reactive ketones (excluding diaryl/α,β-unsaturated/α-hetero) is 1. The SMILES string of the molecule is CC(=O)c1cccc(Nc2ccnc(N3CCN(Cc4ccccc4)CC3)n2)c1. The number of carbonyl (C=O) groups is 1. The van der Waals surface area contributed by atoms with Crippen molar-refractivity contribution in [2.75, 3.05) is 36.4 Å². The molecular formula is C23H25N5O. The van der Waals surface area contributed by atoms with E-state index in [-0.39, 0.29) is 5.78 Å². The summed E-state index contributed by atoms with van der Waals surface area (Å²) in [6.45, 7) is 6.31. The lowest BCUT2D eigenvalue weighted by molar-refractivity contribution is 0.101. The Hall–Kier alpha value is -3.25. The molecule has 4 rings (SSSR count). The number of hydrogen-bond donors (Lipinski definition) is 1. The fourth-order valence-corrected chi connectivity index (χ4v) is 3.48. The molecular weight excluding hydrogens is 362 g/mol. The van der Waals surface area contributed by atoms with Crippen LogP contribution in [0, 0.1) is 0 Å². The van der Waals surface area contributed by atoms with Crippen LogP contribution in [0.4, 0.5) is 17.5 Å². The zero-order valence-electron chi connectivity index (χ0n) is 16.6. The number of ketones is 1. The normalized spacial score (nSPS) is 14.6. The van der Waals surface area contributed by atoms with E-state index in [1.807, 2.05) is 30.3 Å². The highest BCUT2D eigenvalue weighted by atomic mass is 16.1. The van der Waals surface area contributed by atoms with E-state index in [9.17, 15) is 4.79 Å². The largest absolute Gasteiger partial charge is 0.340 e. The van der Waals surface area contributed by atoms with Crippen molar-refractivity contribution < 1.29 is 4.79 Å².